The van der Waals surface area contributed by atoms with Gasteiger partial charge in [-0.1, -0.05) is 21.1 Å². The molecule has 1 aliphatic heterocycles. The zero-order chi connectivity index (χ0) is 11.7. The Bertz CT molecular complexity index is 475. The zero-order valence-corrected chi connectivity index (χ0v) is 9.57. The Balaban J connectivity index is 2.27. The molecule has 2 rings (SSSR count). The number of nitrogens with zero attached hydrogens (tertiary/aromatic N) is 1. The molecule has 16 heavy (non-hydrogen) atoms. The van der Waals surface area contributed by atoms with Crippen LogP contribution < -0.4 is 0 Å². The van der Waals surface area contributed by atoms with Crippen LogP contribution in [0.25, 0.3) is 0 Å². The predicted molar refractivity (Wildman–Crippen MR) is 57.8 cm³/mol. The predicted octanol–water partition coefficient (Wildman–Crippen LogP) is 2.17. The molecule has 1 aliphatic rings. The molecule has 0 amide bonds. The van der Waals surface area contributed by atoms with Gasteiger partial charge in [-0.2, -0.15) is 0 Å². The van der Waals surface area contributed by atoms with Gasteiger partial charge in [-0.25, -0.2) is 9.18 Å². The topological polar surface area (TPSA) is 58.9 Å². The fourth-order valence-electron chi connectivity index (χ4n) is 1.39. The summed E-state index contributed by atoms with van der Waals surface area (Å²) in [7, 11) is 0. The lowest BCUT2D eigenvalue weighted by Crippen LogP contribution is -2.20. The Morgan fingerprint density at radius 3 is 3.00 bits per heavy atom. The molecule has 1 aromatic rings. The Morgan fingerprint density at radius 1 is 1.62 bits per heavy atom. The average Bonchev–Trinajstić information content (AvgIpc) is 2.70. The largest absolute Gasteiger partial charge is 0.478 e. The minimum Gasteiger partial charge on any atom is -0.478 e. The van der Waals surface area contributed by atoms with Crippen LogP contribution in [0.1, 0.15) is 12.0 Å². The van der Waals surface area contributed by atoms with Gasteiger partial charge >= 0.3 is 5.97 Å². The molecule has 0 saturated heterocycles. The van der Waals surface area contributed by atoms with E-state index in [4.69, 9.17) is 9.94 Å². The summed E-state index contributed by atoms with van der Waals surface area (Å²) in [6.45, 7) is 0. The van der Waals surface area contributed by atoms with Crippen molar-refractivity contribution >= 4 is 27.6 Å². The molecule has 0 fully saturated rings. The highest BCUT2D eigenvalue weighted by atomic mass is 79.9. The second kappa shape index (κ2) is 4.21. The molecule has 1 N–H and O–H groups in total. The van der Waals surface area contributed by atoms with E-state index in [9.17, 15) is 9.18 Å². The van der Waals surface area contributed by atoms with Gasteiger partial charge in [0.15, 0.2) is 0 Å². The van der Waals surface area contributed by atoms with E-state index >= 15 is 0 Å². The average molecular weight is 288 g/mol. The van der Waals surface area contributed by atoms with E-state index in [1.807, 2.05) is 0 Å². The molecule has 4 nitrogen and oxygen atoms in total. The third kappa shape index (κ3) is 2.06. The van der Waals surface area contributed by atoms with Crippen molar-refractivity contribution in [2.24, 2.45) is 5.16 Å². The standard InChI is InChI=1S/C10H7BrFNO3/c11-7-2-1-5(12)3-6(7)8-4-9(10(14)15)16-13-8/h1-3,9H,4H2,(H,14,15). The third-order valence-corrected chi connectivity index (χ3v) is 2.88. The number of rotatable bonds is 2. The summed E-state index contributed by atoms with van der Waals surface area (Å²) >= 11 is 3.25. The maximum atomic E-state index is 13.0. The molecule has 0 radical (unpaired) electrons. The van der Waals surface area contributed by atoms with E-state index in [0.717, 1.165) is 0 Å². The van der Waals surface area contributed by atoms with Crippen molar-refractivity contribution in [3.8, 4) is 0 Å². The number of hydrogen-bond acceptors (Lipinski definition) is 3. The summed E-state index contributed by atoms with van der Waals surface area (Å²) < 4.78 is 13.7. The molecule has 0 aromatic heterocycles. The van der Waals surface area contributed by atoms with Crippen molar-refractivity contribution in [1.82, 2.24) is 0 Å². The van der Waals surface area contributed by atoms with Gasteiger partial charge < -0.3 is 9.94 Å². The van der Waals surface area contributed by atoms with Crippen LogP contribution in [0.3, 0.4) is 0 Å². The molecule has 0 saturated carbocycles. The van der Waals surface area contributed by atoms with Crippen LogP contribution >= 0.6 is 15.9 Å². The Hall–Kier alpha value is -1.43. The normalized spacial score (nSPS) is 19.1. The SMILES string of the molecule is O=C(O)C1CC(c2cc(F)ccc2Br)=NO1. The molecular weight excluding hydrogens is 281 g/mol. The van der Waals surface area contributed by atoms with E-state index in [1.165, 1.54) is 12.1 Å². The lowest BCUT2D eigenvalue weighted by molar-refractivity contribution is -0.148. The van der Waals surface area contributed by atoms with Gasteiger partial charge in [0.1, 0.15) is 5.82 Å². The third-order valence-electron chi connectivity index (χ3n) is 2.18. The molecule has 0 aliphatic carbocycles. The molecule has 1 unspecified atom stereocenters. The van der Waals surface area contributed by atoms with Crippen molar-refractivity contribution < 1.29 is 19.1 Å². The lowest BCUT2D eigenvalue weighted by atomic mass is 10.1. The summed E-state index contributed by atoms with van der Waals surface area (Å²) in [5, 5.41) is 12.4. The smallest absolute Gasteiger partial charge is 0.348 e. The quantitative estimate of drug-likeness (QED) is 0.907. The fourth-order valence-corrected chi connectivity index (χ4v) is 1.86. The first kappa shape index (κ1) is 11.1. The van der Waals surface area contributed by atoms with Gasteiger partial charge in [-0.05, 0) is 18.2 Å². The number of oxime groups is 1. The summed E-state index contributed by atoms with van der Waals surface area (Å²) in [5.74, 6) is -1.48. The number of benzene rings is 1. The Morgan fingerprint density at radius 2 is 2.38 bits per heavy atom. The first-order chi connectivity index (χ1) is 7.58. The lowest BCUT2D eigenvalue weighted by Gasteiger charge is -2.02. The van der Waals surface area contributed by atoms with Crippen molar-refractivity contribution in [1.29, 1.82) is 0 Å². The second-order valence-electron chi connectivity index (χ2n) is 3.30. The van der Waals surface area contributed by atoms with Crippen molar-refractivity contribution in [2.75, 3.05) is 0 Å². The van der Waals surface area contributed by atoms with E-state index in [1.54, 1.807) is 6.07 Å². The number of carboxylic acid groups (broad SMARTS) is 1. The highest BCUT2D eigenvalue weighted by molar-refractivity contribution is 9.10. The minimum absolute atomic E-state index is 0.136. The van der Waals surface area contributed by atoms with E-state index in [2.05, 4.69) is 21.1 Å². The van der Waals surface area contributed by atoms with Crippen LogP contribution in [-0.4, -0.2) is 22.9 Å². The van der Waals surface area contributed by atoms with Gasteiger partial charge in [-0.15, -0.1) is 0 Å². The van der Waals surface area contributed by atoms with Crippen LogP contribution in [0.4, 0.5) is 4.39 Å². The van der Waals surface area contributed by atoms with E-state index < -0.39 is 17.9 Å². The van der Waals surface area contributed by atoms with Crippen LogP contribution in [0.2, 0.25) is 0 Å². The number of carbonyl (C=O) groups is 1. The van der Waals surface area contributed by atoms with Crippen LogP contribution in [-0.2, 0) is 9.63 Å². The van der Waals surface area contributed by atoms with Crippen LogP contribution in [0, 0.1) is 5.82 Å². The first-order valence-corrected chi connectivity index (χ1v) is 5.28. The molecule has 1 aromatic carbocycles. The monoisotopic (exact) mass is 287 g/mol. The van der Waals surface area contributed by atoms with Gasteiger partial charge in [0.2, 0.25) is 6.10 Å². The van der Waals surface area contributed by atoms with Gasteiger partial charge in [0.25, 0.3) is 0 Å². The molecule has 1 heterocycles. The number of carboxylic acids is 1. The van der Waals surface area contributed by atoms with E-state index in [-0.39, 0.29) is 6.42 Å². The van der Waals surface area contributed by atoms with Crippen molar-refractivity contribution in [2.45, 2.75) is 12.5 Å². The molecule has 1 atom stereocenters. The van der Waals surface area contributed by atoms with Crippen LogP contribution in [0.5, 0.6) is 0 Å². The molecule has 6 heteroatoms. The van der Waals surface area contributed by atoms with Gasteiger partial charge in [0.05, 0.1) is 5.71 Å². The number of halogens is 2. The highest BCUT2D eigenvalue weighted by Gasteiger charge is 2.29. The fraction of sp³-hybridized carbons (Fsp3) is 0.200. The Kier molecular flexibility index (Phi) is 2.91. The second-order valence-corrected chi connectivity index (χ2v) is 4.15. The summed E-state index contributed by atoms with van der Waals surface area (Å²) in [5.41, 5.74) is 0.947. The molecule has 0 bridgehead atoms. The molecular formula is C10H7BrFNO3. The maximum absolute atomic E-state index is 13.0. The molecule has 0 spiro atoms. The molecule has 84 valence electrons. The minimum atomic E-state index is -1.08. The van der Waals surface area contributed by atoms with E-state index in [0.29, 0.717) is 15.7 Å². The first-order valence-electron chi connectivity index (χ1n) is 4.49. The maximum Gasteiger partial charge on any atom is 0.348 e. The summed E-state index contributed by atoms with van der Waals surface area (Å²) in [6.07, 6.45) is -0.845. The summed E-state index contributed by atoms with van der Waals surface area (Å²) in [4.78, 5) is 15.4. The van der Waals surface area contributed by atoms with Gasteiger partial charge in [0, 0.05) is 16.5 Å². The number of aliphatic carboxylic acids is 1. The van der Waals surface area contributed by atoms with Crippen LogP contribution in [0.15, 0.2) is 27.8 Å². The zero-order valence-electron chi connectivity index (χ0n) is 7.98. The van der Waals surface area contributed by atoms with Crippen molar-refractivity contribution in [3.63, 3.8) is 0 Å². The summed E-state index contributed by atoms with van der Waals surface area (Å²) in [6, 6.07) is 4.14. The van der Waals surface area contributed by atoms with Gasteiger partial charge in [-0.3, -0.25) is 0 Å². The van der Waals surface area contributed by atoms with Crippen molar-refractivity contribution in [3.05, 3.63) is 34.1 Å². The number of hydrogen-bond donors (Lipinski definition) is 1. The Labute approximate surface area is 98.8 Å². The highest BCUT2D eigenvalue weighted by Crippen LogP contribution is 2.24.